The monoisotopic (exact) mass is 218 g/mol. The molecule has 0 saturated carbocycles. The third kappa shape index (κ3) is 2.15. The molecule has 0 radical (unpaired) electrons. The molecule has 0 heterocycles. The van der Waals surface area contributed by atoms with Crippen LogP contribution in [0, 0.1) is 0 Å². The van der Waals surface area contributed by atoms with Crippen molar-refractivity contribution >= 4 is 35.7 Å². The van der Waals surface area contributed by atoms with Crippen molar-refractivity contribution in [2.24, 2.45) is 0 Å². The molecular weight excluding hydrogens is 212 g/mol. The molecule has 1 rings (SSSR count). The van der Waals surface area contributed by atoms with Gasteiger partial charge in [-0.25, -0.2) is 0 Å². The molecule has 3 heteroatoms. The van der Waals surface area contributed by atoms with Crippen molar-refractivity contribution in [2.45, 2.75) is 0 Å². The summed E-state index contributed by atoms with van der Waals surface area (Å²) in [4.78, 5) is 10.2. The van der Waals surface area contributed by atoms with Crippen molar-refractivity contribution in [1.29, 1.82) is 0 Å². The summed E-state index contributed by atoms with van der Waals surface area (Å²) in [6.45, 7) is 0. The van der Waals surface area contributed by atoms with Crippen LogP contribution in [0.3, 0.4) is 0 Å². The van der Waals surface area contributed by atoms with Crippen LogP contribution < -0.4 is 0 Å². The molecule has 0 fully saturated rings. The second-order valence-electron chi connectivity index (χ2n) is 1.64. The summed E-state index contributed by atoms with van der Waals surface area (Å²) < 4.78 is 0.847. The number of hydrogen-bond donors (Lipinski definition) is 0. The number of hydrogen-bond acceptors (Lipinski definition) is 1. The molecule has 1 aromatic carbocycles. The van der Waals surface area contributed by atoms with E-state index in [4.69, 9.17) is 0 Å². The van der Waals surface area contributed by atoms with Gasteiger partial charge in [-0.2, -0.15) is 13.5 Å². The predicted octanol–water partition coefficient (Wildman–Crippen LogP) is 2.37. The minimum Gasteiger partial charge on any atom is -0.298 e. The fourth-order valence-electron chi connectivity index (χ4n) is 0.571. The fourth-order valence-corrected chi connectivity index (χ4v) is 0.949. The summed E-state index contributed by atoms with van der Waals surface area (Å²) >= 11 is 3.23. The highest BCUT2D eigenvalue weighted by molar-refractivity contribution is 9.10. The Morgan fingerprint density at radius 3 is 2.30 bits per heavy atom. The molecule has 10 heavy (non-hydrogen) atoms. The number of carbonyl (C=O) groups is 1. The number of aldehydes is 1. The van der Waals surface area contributed by atoms with Crippen molar-refractivity contribution in [1.82, 2.24) is 0 Å². The largest absolute Gasteiger partial charge is 0.298 e. The van der Waals surface area contributed by atoms with Gasteiger partial charge in [0.05, 0.1) is 0 Å². The molecule has 0 amide bonds. The van der Waals surface area contributed by atoms with Crippen molar-refractivity contribution < 1.29 is 4.79 Å². The molecule has 0 unspecified atom stereocenters. The van der Waals surface area contributed by atoms with Crippen LogP contribution in [0.25, 0.3) is 0 Å². The van der Waals surface area contributed by atoms with Gasteiger partial charge in [-0.1, -0.05) is 34.1 Å². The van der Waals surface area contributed by atoms with E-state index < -0.39 is 0 Å². The van der Waals surface area contributed by atoms with Gasteiger partial charge in [0.1, 0.15) is 0 Å². The smallest absolute Gasteiger partial charge is 0.151 e. The molecule has 0 aliphatic carbocycles. The van der Waals surface area contributed by atoms with E-state index in [1.807, 2.05) is 18.2 Å². The molecule has 54 valence electrons. The molecule has 0 atom stereocenters. The average Bonchev–Trinajstić information content (AvgIpc) is 1.89. The zero-order valence-electron chi connectivity index (χ0n) is 5.17. The summed E-state index contributed by atoms with van der Waals surface area (Å²) in [5, 5.41) is 0. The van der Waals surface area contributed by atoms with Crippen LogP contribution >= 0.6 is 29.4 Å². The standard InChI is InChI=1S/C7H5BrO.H2S/c8-7-4-2-1-3-6(7)5-9;/h1-5H;1H2. The maximum Gasteiger partial charge on any atom is 0.151 e. The van der Waals surface area contributed by atoms with Gasteiger partial charge in [0.25, 0.3) is 0 Å². The summed E-state index contributed by atoms with van der Waals surface area (Å²) in [5.41, 5.74) is 0.692. The summed E-state index contributed by atoms with van der Waals surface area (Å²) in [5.74, 6) is 0. The van der Waals surface area contributed by atoms with Gasteiger partial charge in [0, 0.05) is 10.0 Å². The Labute approximate surface area is 75.0 Å². The van der Waals surface area contributed by atoms with E-state index in [1.165, 1.54) is 0 Å². The molecule has 1 nitrogen and oxygen atoms in total. The van der Waals surface area contributed by atoms with Crippen LogP contribution in [0.15, 0.2) is 28.7 Å². The molecule has 0 N–H and O–H groups in total. The predicted molar refractivity (Wildman–Crippen MR) is 49.9 cm³/mol. The Hall–Kier alpha value is -0.280. The van der Waals surface area contributed by atoms with E-state index in [-0.39, 0.29) is 13.5 Å². The molecule has 0 bridgehead atoms. The van der Waals surface area contributed by atoms with Gasteiger partial charge in [-0.3, -0.25) is 4.79 Å². The van der Waals surface area contributed by atoms with E-state index in [1.54, 1.807) is 6.07 Å². The van der Waals surface area contributed by atoms with Crippen molar-refractivity contribution in [3.63, 3.8) is 0 Å². The molecule has 1 aromatic rings. The summed E-state index contributed by atoms with van der Waals surface area (Å²) in [7, 11) is 0. The number of carbonyl (C=O) groups excluding carboxylic acids is 1. The van der Waals surface area contributed by atoms with E-state index >= 15 is 0 Å². The first-order valence-electron chi connectivity index (χ1n) is 2.54. The first-order chi connectivity index (χ1) is 4.34. The van der Waals surface area contributed by atoms with Gasteiger partial charge < -0.3 is 0 Å². The van der Waals surface area contributed by atoms with E-state index in [9.17, 15) is 4.79 Å². The van der Waals surface area contributed by atoms with Crippen LogP contribution in [0.1, 0.15) is 10.4 Å². The van der Waals surface area contributed by atoms with Gasteiger partial charge in [0.2, 0.25) is 0 Å². The molecule has 0 aromatic heterocycles. The first-order valence-corrected chi connectivity index (χ1v) is 3.33. The lowest BCUT2D eigenvalue weighted by molar-refractivity contribution is 0.112. The Morgan fingerprint density at radius 2 is 1.90 bits per heavy atom. The van der Waals surface area contributed by atoms with E-state index in [0.29, 0.717) is 5.56 Å². The van der Waals surface area contributed by atoms with Crippen molar-refractivity contribution in [3.8, 4) is 0 Å². The maximum absolute atomic E-state index is 10.2. The summed E-state index contributed by atoms with van der Waals surface area (Å²) in [6.07, 6.45) is 0.823. The normalized spacial score (nSPS) is 8.10. The molecular formula is C7H7BrOS. The van der Waals surface area contributed by atoms with E-state index in [2.05, 4.69) is 15.9 Å². The second kappa shape index (κ2) is 4.52. The number of halogens is 1. The molecule has 0 aliphatic heterocycles. The lowest BCUT2D eigenvalue weighted by atomic mass is 10.2. The SMILES string of the molecule is O=Cc1ccccc1Br.S. The minimum absolute atomic E-state index is 0. The highest BCUT2D eigenvalue weighted by atomic mass is 79.9. The maximum atomic E-state index is 10.2. The lowest BCUT2D eigenvalue weighted by Gasteiger charge is -1.90. The Morgan fingerprint density at radius 1 is 1.30 bits per heavy atom. The van der Waals surface area contributed by atoms with Crippen molar-refractivity contribution in [3.05, 3.63) is 34.3 Å². The zero-order valence-corrected chi connectivity index (χ0v) is 7.76. The third-order valence-corrected chi connectivity index (χ3v) is 1.75. The summed E-state index contributed by atoms with van der Waals surface area (Å²) in [6, 6.07) is 7.30. The molecule has 0 aliphatic rings. The third-order valence-electron chi connectivity index (χ3n) is 1.03. The quantitative estimate of drug-likeness (QED) is 0.662. The van der Waals surface area contributed by atoms with Crippen LogP contribution in [0.5, 0.6) is 0 Å². The van der Waals surface area contributed by atoms with Gasteiger partial charge >= 0.3 is 0 Å². The number of rotatable bonds is 1. The number of benzene rings is 1. The Bertz CT molecular complexity index is 225. The minimum atomic E-state index is 0. The Balaban J connectivity index is 0.000000810. The van der Waals surface area contributed by atoms with Gasteiger partial charge in [-0.15, -0.1) is 0 Å². The van der Waals surface area contributed by atoms with Gasteiger partial charge in [0.15, 0.2) is 6.29 Å². The zero-order chi connectivity index (χ0) is 6.69. The first kappa shape index (κ1) is 9.72. The van der Waals surface area contributed by atoms with Crippen LogP contribution in [0.2, 0.25) is 0 Å². The van der Waals surface area contributed by atoms with Crippen molar-refractivity contribution in [2.75, 3.05) is 0 Å². The van der Waals surface area contributed by atoms with Crippen LogP contribution in [-0.4, -0.2) is 6.29 Å². The van der Waals surface area contributed by atoms with Crippen LogP contribution in [-0.2, 0) is 0 Å². The molecule has 0 saturated heterocycles. The average molecular weight is 219 g/mol. The topological polar surface area (TPSA) is 17.1 Å². The fraction of sp³-hybridized carbons (Fsp3) is 0. The molecule has 0 spiro atoms. The van der Waals surface area contributed by atoms with Gasteiger partial charge in [-0.05, 0) is 6.07 Å². The van der Waals surface area contributed by atoms with E-state index in [0.717, 1.165) is 10.8 Å². The lowest BCUT2D eigenvalue weighted by Crippen LogP contribution is -1.78. The second-order valence-corrected chi connectivity index (χ2v) is 2.49. The Kier molecular flexibility index (Phi) is 4.40. The van der Waals surface area contributed by atoms with Crippen LogP contribution in [0.4, 0.5) is 0 Å². The highest BCUT2D eigenvalue weighted by Crippen LogP contribution is 2.12. The highest BCUT2D eigenvalue weighted by Gasteiger charge is 1.92.